The molecule has 1 aromatic carbocycles. The van der Waals surface area contributed by atoms with Crippen LogP contribution in [0.15, 0.2) is 54.9 Å². The highest BCUT2D eigenvalue weighted by Crippen LogP contribution is 2.20. The molecule has 0 aliphatic heterocycles. The zero-order valence-electron chi connectivity index (χ0n) is 11.4. The third-order valence-corrected chi connectivity index (χ3v) is 3.37. The van der Waals surface area contributed by atoms with Crippen LogP contribution >= 0.6 is 0 Å². The van der Waals surface area contributed by atoms with E-state index in [1.807, 2.05) is 18.3 Å². The average molecular weight is 255 g/mol. The first-order valence-electron chi connectivity index (χ1n) is 6.73. The van der Waals surface area contributed by atoms with Crippen LogP contribution in [-0.2, 0) is 6.54 Å². The van der Waals surface area contributed by atoms with Gasteiger partial charge in [0.15, 0.2) is 0 Å². The van der Waals surface area contributed by atoms with Crippen LogP contribution in [0.1, 0.15) is 24.1 Å². The van der Waals surface area contributed by atoms with Gasteiger partial charge in [-0.15, -0.1) is 0 Å². The van der Waals surface area contributed by atoms with Gasteiger partial charge in [0.25, 0.3) is 0 Å². The molecule has 0 radical (unpaired) electrons. The lowest BCUT2D eigenvalue weighted by Gasteiger charge is -2.30. The number of nitrogens with two attached hydrogens (primary N) is 1. The number of hydrogen-bond acceptors (Lipinski definition) is 3. The summed E-state index contributed by atoms with van der Waals surface area (Å²) in [5.41, 5.74) is 8.46. The van der Waals surface area contributed by atoms with E-state index in [0.717, 1.165) is 13.1 Å². The Morgan fingerprint density at radius 3 is 2.53 bits per heavy atom. The highest BCUT2D eigenvalue weighted by atomic mass is 15.2. The van der Waals surface area contributed by atoms with Crippen LogP contribution in [0, 0.1) is 0 Å². The predicted molar refractivity (Wildman–Crippen MR) is 78.6 cm³/mol. The van der Waals surface area contributed by atoms with Crippen LogP contribution in [0.3, 0.4) is 0 Å². The molecular formula is C16H21N3. The second-order valence-corrected chi connectivity index (χ2v) is 4.59. The molecule has 2 N–H and O–H groups in total. The molecule has 1 aromatic heterocycles. The Morgan fingerprint density at radius 2 is 1.95 bits per heavy atom. The molecule has 0 spiro atoms. The van der Waals surface area contributed by atoms with Crippen molar-refractivity contribution in [2.45, 2.75) is 19.5 Å². The maximum Gasteiger partial charge on any atom is 0.0489 e. The summed E-state index contributed by atoms with van der Waals surface area (Å²) in [4.78, 5) is 6.58. The van der Waals surface area contributed by atoms with E-state index in [2.05, 4.69) is 47.1 Å². The molecule has 0 aliphatic carbocycles. The Balaban J connectivity index is 2.15. The fraction of sp³-hybridized carbons (Fsp3) is 0.312. The van der Waals surface area contributed by atoms with E-state index in [-0.39, 0.29) is 6.04 Å². The smallest absolute Gasteiger partial charge is 0.0489 e. The number of pyridine rings is 1. The molecule has 1 atom stereocenters. The molecular weight excluding hydrogens is 234 g/mol. The molecule has 0 saturated heterocycles. The molecule has 0 saturated carbocycles. The number of hydrogen-bond donors (Lipinski definition) is 1. The van der Waals surface area contributed by atoms with Crippen molar-refractivity contribution in [1.82, 2.24) is 9.88 Å². The molecule has 0 aliphatic rings. The predicted octanol–water partition coefficient (Wildman–Crippen LogP) is 2.60. The summed E-state index contributed by atoms with van der Waals surface area (Å²) in [6.07, 6.45) is 3.70. The molecule has 3 heteroatoms. The largest absolute Gasteiger partial charge is 0.329 e. The standard InChI is InChI=1S/C16H21N3/c1-2-19(13-14-7-4-3-5-8-14)16(11-17)15-9-6-10-18-12-15/h3-10,12,16H,2,11,13,17H2,1H3. The van der Waals surface area contributed by atoms with Crippen LogP contribution in [0.2, 0.25) is 0 Å². The van der Waals surface area contributed by atoms with Crippen molar-refractivity contribution in [2.75, 3.05) is 13.1 Å². The normalized spacial score (nSPS) is 12.6. The lowest BCUT2D eigenvalue weighted by Crippen LogP contribution is -2.33. The topological polar surface area (TPSA) is 42.1 Å². The van der Waals surface area contributed by atoms with Gasteiger partial charge in [0, 0.05) is 31.5 Å². The first kappa shape index (κ1) is 13.7. The summed E-state index contributed by atoms with van der Waals surface area (Å²) in [6, 6.07) is 14.8. The van der Waals surface area contributed by atoms with E-state index in [9.17, 15) is 0 Å². The summed E-state index contributed by atoms with van der Waals surface area (Å²) in [6.45, 7) is 4.65. The summed E-state index contributed by atoms with van der Waals surface area (Å²) in [5.74, 6) is 0. The van der Waals surface area contributed by atoms with Crippen molar-refractivity contribution >= 4 is 0 Å². The van der Waals surface area contributed by atoms with E-state index in [1.165, 1.54) is 11.1 Å². The third kappa shape index (κ3) is 3.63. The zero-order chi connectivity index (χ0) is 13.5. The Kier molecular flexibility index (Phi) is 5.07. The maximum atomic E-state index is 5.97. The number of likely N-dealkylation sites (N-methyl/N-ethyl adjacent to an activating group) is 1. The minimum absolute atomic E-state index is 0.221. The van der Waals surface area contributed by atoms with Crippen LogP contribution in [0.5, 0.6) is 0 Å². The van der Waals surface area contributed by atoms with Gasteiger partial charge >= 0.3 is 0 Å². The van der Waals surface area contributed by atoms with Gasteiger partial charge < -0.3 is 5.73 Å². The van der Waals surface area contributed by atoms with E-state index in [1.54, 1.807) is 6.20 Å². The van der Waals surface area contributed by atoms with E-state index >= 15 is 0 Å². The quantitative estimate of drug-likeness (QED) is 0.862. The zero-order valence-corrected chi connectivity index (χ0v) is 11.4. The number of aromatic nitrogens is 1. The van der Waals surface area contributed by atoms with Gasteiger partial charge in [-0.05, 0) is 23.7 Å². The molecule has 1 heterocycles. The Morgan fingerprint density at radius 1 is 1.16 bits per heavy atom. The summed E-state index contributed by atoms with van der Waals surface area (Å²) < 4.78 is 0. The second kappa shape index (κ2) is 7.02. The SMILES string of the molecule is CCN(Cc1ccccc1)C(CN)c1cccnc1. The minimum Gasteiger partial charge on any atom is -0.329 e. The fourth-order valence-corrected chi connectivity index (χ4v) is 2.33. The molecule has 2 aromatic rings. The second-order valence-electron chi connectivity index (χ2n) is 4.59. The fourth-order valence-electron chi connectivity index (χ4n) is 2.33. The van der Waals surface area contributed by atoms with Crippen LogP contribution < -0.4 is 5.73 Å². The monoisotopic (exact) mass is 255 g/mol. The van der Waals surface area contributed by atoms with Crippen molar-refractivity contribution in [1.29, 1.82) is 0 Å². The number of benzene rings is 1. The van der Waals surface area contributed by atoms with E-state index < -0.39 is 0 Å². The minimum atomic E-state index is 0.221. The van der Waals surface area contributed by atoms with Gasteiger partial charge in [0.2, 0.25) is 0 Å². The van der Waals surface area contributed by atoms with Gasteiger partial charge in [-0.25, -0.2) is 0 Å². The van der Waals surface area contributed by atoms with Crippen molar-refractivity contribution in [3.8, 4) is 0 Å². The van der Waals surface area contributed by atoms with Crippen LogP contribution in [0.4, 0.5) is 0 Å². The van der Waals surface area contributed by atoms with Crippen molar-refractivity contribution < 1.29 is 0 Å². The van der Waals surface area contributed by atoms with Crippen molar-refractivity contribution in [3.63, 3.8) is 0 Å². The first-order valence-corrected chi connectivity index (χ1v) is 6.73. The third-order valence-electron chi connectivity index (χ3n) is 3.37. The Labute approximate surface area is 115 Å². The number of rotatable bonds is 6. The summed E-state index contributed by atoms with van der Waals surface area (Å²) >= 11 is 0. The summed E-state index contributed by atoms with van der Waals surface area (Å²) in [5, 5.41) is 0. The Bertz CT molecular complexity index is 470. The maximum absolute atomic E-state index is 5.97. The highest BCUT2D eigenvalue weighted by molar-refractivity contribution is 5.18. The molecule has 0 fully saturated rings. The molecule has 0 bridgehead atoms. The van der Waals surface area contributed by atoms with Gasteiger partial charge in [-0.2, -0.15) is 0 Å². The molecule has 3 nitrogen and oxygen atoms in total. The van der Waals surface area contributed by atoms with Gasteiger partial charge in [-0.1, -0.05) is 43.3 Å². The average Bonchev–Trinajstić information content (AvgIpc) is 2.49. The lowest BCUT2D eigenvalue weighted by molar-refractivity contribution is 0.203. The van der Waals surface area contributed by atoms with Crippen molar-refractivity contribution in [3.05, 3.63) is 66.0 Å². The molecule has 100 valence electrons. The molecule has 2 rings (SSSR count). The van der Waals surface area contributed by atoms with E-state index in [4.69, 9.17) is 5.73 Å². The van der Waals surface area contributed by atoms with Gasteiger partial charge in [0.1, 0.15) is 0 Å². The van der Waals surface area contributed by atoms with Crippen LogP contribution in [0.25, 0.3) is 0 Å². The molecule has 1 unspecified atom stereocenters. The Hall–Kier alpha value is -1.71. The molecule has 0 amide bonds. The van der Waals surface area contributed by atoms with Crippen LogP contribution in [-0.4, -0.2) is 23.0 Å². The van der Waals surface area contributed by atoms with Gasteiger partial charge in [-0.3, -0.25) is 9.88 Å². The highest BCUT2D eigenvalue weighted by Gasteiger charge is 2.17. The molecule has 19 heavy (non-hydrogen) atoms. The summed E-state index contributed by atoms with van der Waals surface area (Å²) in [7, 11) is 0. The van der Waals surface area contributed by atoms with E-state index in [0.29, 0.717) is 6.54 Å². The number of nitrogens with zero attached hydrogens (tertiary/aromatic N) is 2. The lowest BCUT2D eigenvalue weighted by atomic mass is 10.1. The van der Waals surface area contributed by atoms with Crippen molar-refractivity contribution in [2.24, 2.45) is 5.73 Å². The van der Waals surface area contributed by atoms with Gasteiger partial charge in [0.05, 0.1) is 0 Å². The first-order chi connectivity index (χ1) is 9.35.